The summed E-state index contributed by atoms with van der Waals surface area (Å²) in [5, 5.41) is 4.00. The summed E-state index contributed by atoms with van der Waals surface area (Å²) in [5.41, 5.74) is 5.15. The van der Waals surface area contributed by atoms with E-state index in [9.17, 15) is 4.79 Å². The van der Waals surface area contributed by atoms with Crippen LogP contribution in [0.3, 0.4) is 0 Å². The van der Waals surface area contributed by atoms with E-state index in [1.807, 2.05) is 19.1 Å². The third-order valence-electron chi connectivity index (χ3n) is 3.69. The monoisotopic (exact) mass is 313 g/mol. The molecule has 23 heavy (non-hydrogen) atoms. The van der Waals surface area contributed by atoms with Gasteiger partial charge < -0.3 is 9.32 Å². The molecule has 1 amide bonds. The van der Waals surface area contributed by atoms with Crippen LogP contribution in [0.4, 0.5) is 5.69 Å². The number of aryl methyl sites for hydroxylation is 2. The zero-order chi connectivity index (χ0) is 16.8. The molecule has 0 atom stereocenters. The zero-order valence-electron chi connectivity index (χ0n) is 14.1. The smallest absolute Gasteiger partial charge is 0.274 e. The van der Waals surface area contributed by atoms with Crippen molar-refractivity contribution >= 4 is 17.8 Å². The first-order chi connectivity index (χ1) is 11.0. The molecule has 0 fully saturated rings. The van der Waals surface area contributed by atoms with Crippen LogP contribution in [0, 0.1) is 13.8 Å². The van der Waals surface area contributed by atoms with Gasteiger partial charge in [0, 0.05) is 18.8 Å². The molecule has 0 radical (unpaired) electrons. The van der Waals surface area contributed by atoms with Crippen LogP contribution in [0.1, 0.15) is 41.3 Å². The summed E-state index contributed by atoms with van der Waals surface area (Å²) in [4.78, 5) is 14.3. The number of hydrogen-bond acceptors (Lipinski definition) is 4. The maximum absolute atomic E-state index is 12.0. The summed E-state index contributed by atoms with van der Waals surface area (Å²) in [6.07, 6.45) is 1.63. The van der Waals surface area contributed by atoms with Crippen molar-refractivity contribution in [1.82, 2.24) is 5.43 Å². The quantitative estimate of drug-likeness (QED) is 0.656. The van der Waals surface area contributed by atoms with Crippen molar-refractivity contribution in [3.63, 3.8) is 0 Å². The Hall–Kier alpha value is -2.56. The van der Waals surface area contributed by atoms with Crippen LogP contribution in [0.5, 0.6) is 0 Å². The second-order valence-corrected chi connectivity index (χ2v) is 5.29. The maximum atomic E-state index is 12.0. The summed E-state index contributed by atoms with van der Waals surface area (Å²) >= 11 is 0. The van der Waals surface area contributed by atoms with E-state index in [1.54, 1.807) is 19.2 Å². The van der Waals surface area contributed by atoms with Gasteiger partial charge in [-0.1, -0.05) is 12.1 Å². The molecule has 5 heteroatoms. The summed E-state index contributed by atoms with van der Waals surface area (Å²) in [7, 11) is 0. The number of furan rings is 1. The lowest BCUT2D eigenvalue weighted by atomic mass is 10.2. The van der Waals surface area contributed by atoms with E-state index in [0.29, 0.717) is 17.1 Å². The lowest BCUT2D eigenvalue weighted by Gasteiger charge is -2.20. The molecule has 122 valence electrons. The lowest BCUT2D eigenvalue weighted by Crippen LogP contribution is -2.21. The Balaban J connectivity index is 1.98. The van der Waals surface area contributed by atoms with Gasteiger partial charge in [0.2, 0.25) is 0 Å². The van der Waals surface area contributed by atoms with Gasteiger partial charge >= 0.3 is 0 Å². The minimum absolute atomic E-state index is 0.268. The molecule has 0 aliphatic heterocycles. The number of amides is 1. The predicted octanol–water partition coefficient (Wildman–Crippen LogP) is 3.51. The van der Waals surface area contributed by atoms with E-state index >= 15 is 0 Å². The van der Waals surface area contributed by atoms with Crippen molar-refractivity contribution in [3.05, 3.63) is 53.0 Å². The van der Waals surface area contributed by atoms with E-state index in [4.69, 9.17) is 4.42 Å². The topological polar surface area (TPSA) is 57.8 Å². The summed E-state index contributed by atoms with van der Waals surface area (Å²) in [6, 6.07) is 9.78. The Morgan fingerprint density at radius 3 is 2.39 bits per heavy atom. The number of benzene rings is 1. The molecule has 1 aromatic carbocycles. The van der Waals surface area contributed by atoms with Crippen LogP contribution in [-0.4, -0.2) is 25.2 Å². The Morgan fingerprint density at radius 2 is 1.87 bits per heavy atom. The number of rotatable bonds is 6. The van der Waals surface area contributed by atoms with Crippen molar-refractivity contribution in [2.24, 2.45) is 5.10 Å². The minimum Gasteiger partial charge on any atom is -0.466 e. The fourth-order valence-corrected chi connectivity index (χ4v) is 2.44. The molecule has 2 rings (SSSR count). The first-order valence-corrected chi connectivity index (χ1v) is 7.80. The highest BCUT2D eigenvalue weighted by Crippen LogP contribution is 2.14. The van der Waals surface area contributed by atoms with Crippen LogP contribution >= 0.6 is 0 Å². The summed E-state index contributed by atoms with van der Waals surface area (Å²) < 4.78 is 5.34. The second kappa shape index (κ2) is 7.63. The van der Waals surface area contributed by atoms with Gasteiger partial charge in [-0.3, -0.25) is 4.79 Å². The van der Waals surface area contributed by atoms with Gasteiger partial charge in [-0.05, 0) is 51.5 Å². The highest BCUT2D eigenvalue weighted by Gasteiger charge is 2.12. The largest absolute Gasteiger partial charge is 0.466 e. The molecule has 0 bridgehead atoms. The van der Waals surface area contributed by atoms with Gasteiger partial charge in [-0.25, -0.2) is 5.43 Å². The Labute approximate surface area is 137 Å². The average molecular weight is 313 g/mol. The van der Waals surface area contributed by atoms with Crippen LogP contribution in [0.15, 0.2) is 39.9 Å². The molecule has 1 N–H and O–H groups in total. The lowest BCUT2D eigenvalue weighted by molar-refractivity contribution is 0.0953. The van der Waals surface area contributed by atoms with Crippen LogP contribution in [0.2, 0.25) is 0 Å². The first-order valence-electron chi connectivity index (χ1n) is 7.80. The van der Waals surface area contributed by atoms with E-state index in [-0.39, 0.29) is 5.91 Å². The zero-order valence-corrected chi connectivity index (χ0v) is 14.1. The van der Waals surface area contributed by atoms with Crippen molar-refractivity contribution in [2.75, 3.05) is 18.0 Å². The molecule has 0 aliphatic rings. The van der Waals surface area contributed by atoms with Crippen molar-refractivity contribution < 1.29 is 9.21 Å². The number of hydrogen-bond donors (Lipinski definition) is 1. The van der Waals surface area contributed by atoms with Gasteiger partial charge in [0.25, 0.3) is 5.91 Å². The Morgan fingerprint density at radius 1 is 1.22 bits per heavy atom. The Kier molecular flexibility index (Phi) is 5.57. The molecular weight excluding hydrogens is 290 g/mol. The number of nitrogens with one attached hydrogen (secondary N) is 1. The van der Waals surface area contributed by atoms with Crippen molar-refractivity contribution in [2.45, 2.75) is 27.7 Å². The van der Waals surface area contributed by atoms with Crippen LogP contribution in [0.25, 0.3) is 0 Å². The molecule has 2 aromatic rings. The van der Waals surface area contributed by atoms with Gasteiger partial charge in [-0.2, -0.15) is 5.10 Å². The molecule has 0 saturated heterocycles. The van der Waals surface area contributed by atoms with E-state index < -0.39 is 0 Å². The van der Waals surface area contributed by atoms with Gasteiger partial charge in [0.05, 0.1) is 11.8 Å². The predicted molar refractivity (Wildman–Crippen MR) is 93.2 cm³/mol. The number of anilines is 1. The fraction of sp³-hybridized carbons (Fsp3) is 0.333. The number of carbonyl (C=O) groups is 1. The fourth-order valence-electron chi connectivity index (χ4n) is 2.44. The normalized spacial score (nSPS) is 11.0. The van der Waals surface area contributed by atoms with Gasteiger partial charge in [0.1, 0.15) is 11.5 Å². The summed E-state index contributed by atoms with van der Waals surface area (Å²) in [5.74, 6) is 1.04. The first kappa shape index (κ1) is 16.8. The van der Waals surface area contributed by atoms with Crippen molar-refractivity contribution in [1.29, 1.82) is 0 Å². The molecule has 0 spiro atoms. The van der Waals surface area contributed by atoms with E-state index in [2.05, 4.69) is 41.4 Å². The Bertz CT molecular complexity index is 683. The van der Waals surface area contributed by atoms with E-state index in [0.717, 1.165) is 18.7 Å². The number of carbonyl (C=O) groups excluding carboxylic acids is 1. The molecule has 0 aliphatic carbocycles. The standard InChI is InChI=1S/C18H23N3O2/c1-5-21(6-2)16-9-7-15(8-10-16)12-19-20-18(22)17-11-13(3)23-14(17)4/h7-12H,5-6H2,1-4H3,(H,20,22)/b19-12+. The van der Waals surface area contributed by atoms with Crippen LogP contribution < -0.4 is 10.3 Å². The van der Waals surface area contributed by atoms with Crippen molar-refractivity contribution in [3.8, 4) is 0 Å². The molecule has 1 aromatic heterocycles. The molecular formula is C18H23N3O2. The third-order valence-corrected chi connectivity index (χ3v) is 3.69. The second-order valence-electron chi connectivity index (χ2n) is 5.29. The maximum Gasteiger partial charge on any atom is 0.274 e. The highest BCUT2D eigenvalue weighted by atomic mass is 16.3. The molecule has 5 nitrogen and oxygen atoms in total. The molecule has 0 saturated carbocycles. The third kappa shape index (κ3) is 4.22. The van der Waals surface area contributed by atoms with Gasteiger partial charge in [0.15, 0.2) is 0 Å². The highest BCUT2D eigenvalue weighted by molar-refractivity contribution is 5.95. The van der Waals surface area contributed by atoms with E-state index in [1.165, 1.54) is 5.69 Å². The molecule has 1 heterocycles. The van der Waals surface area contributed by atoms with Crippen LogP contribution in [-0.2, 0) is 0 Å². The average Bonchev–Trinajstić information content (AvgIpc) is 2.88. The minimum atomic E-state index is -0.268. The van der Waals surface area contributed by atoms with Gasteiger partial charge in [-0.15, -0.1) is 0 Å². The summed E-state index contributed by atoms with van der Waals surface area (Å²) in [6.45, 7) is 9.79. The molecule has 0 unspecified atom stereocenters. The number of hydrazone groups is 1. The SMILES string of the molecule is CCN(CC)c1ccc(/C=N/NC(=O)c2cc(C)oc2C)cc1. The number of nitrogens with zero attached hydrogens (tertiary/aromatic N) is 2.